The van der Waals surface area contributed by atoms with Crippen LogP contribution >= 0.6 is 0 Å². The molecule has 0 unspecified atom stereocenters. The summed E-state index contributed by atoms with van der Waals surface area (Å²) in [5.74, 6) is -0.546. The molecule has 0 heterocycles. The SMILES string of the molecule is O=C/C=C(\O)C=O. The van der Waals surface area contributed by atoms with Crippen molar-refractivity contribution in [1.29, 1.82) is 0 Å². The van der Waals surface area contributed by atoms with Gasteiger partial charge in [-0.3, -0.25) is 9.59 Å². The van der Waals surface area contributed by atoms with Gasteiger partial charge in [0.1, 0.15) is 6.29 Å². The van der Waals surface area contributed by atoms with Gasteiger partial charge in [0.2, 0.25) is 0 Å². The molecule has 0 saturated heterocycles. The fourth-order valence-electron chi connectivity index (χ4n) is 0.109. The molecule has 0 rings (SSSR count). The van der Waals surface area contributed by atoms with Gasteiger partial charge in [-0.15, -0.1) is 0 Å². The van der Waals surface area contributed by atoms with Crippen molar-refractivity contribution in [2.24, 2.45) is 0 Å². The zero-order valence-corrected chi connectivity index (χ0v) is 3.50. The van der Waals surface area contributed by atoms with E-state index in [0.717, 1.165) is 6.08 Å². The number of carbonyl (C=O) groups excluding carboxylic acids is 2. The van der Waals surface area contributed by atoms with Crippen LogP contribution in [0.3, 0.4) is 0 Å². The van der Waals surface area contributed by atoms with E-state index in [1.807, 2.05) is 0 Å². The molecular formula is C4H4O3. The van der Waals surface area contributed by atoms with E-state index in [4.69, 9.17) is 5.11 Å². The third-order valence-electron chi connectivity index (χ3n) is 0.360. The van der Waals surface area contributed by atoms with E-state index in [9.17, 15) is 9.59 Å². The average Bonchev–Trinajstić information content (AvgIpc) is 1.68. The lowest BCUT2D eigenvalue weighted by atomic mass is 10.5. The van der Waals surface area contributed by atoms with Crippen LogP contribution in [0.2, 0.25) is 0 Å². The van der Waals surface area contributed by atoms with Crippen molar-refractivity contribution < 1.29 is 14.7 Å². The Kier molecular flexibility index (Phi) is 2.59. The Bertz CT molecular complexity index is 104. The van der Waals surface area contributed by atoms with Crippen molar-refractivity contribution in [3.05, 3.63) is 11.8 Å². The second kappa shape index (κ2) is 3.08. The fraction of sp³-hybridized carbons (Fsp3) is 0. The summed E-state index contributed by atoms with van der Waals surface area (Å²) in [6.07, 6.45) is 1.30. The average molecular weight is 100 g/mol. The van der Waals surface area contributed by atoms with Gasteiger partial charge < -0.3 is 5.11 Å². The minimum atomic E-state index is -0.546. The Hall–Kier alpha value is -1.12. The fourth-order valence-corrected chi connectivity index (χ4v) is 0.109. The Morgan fingerprint density at radius 3 is 2.14 bits per heavy atom. The summed E-state index contributed by atoms with van der Waals surface area (Å²) in [6, 6.07) is 0. The molecule has 0 aromatic carbocycles. The van der Waals surface area contributed by atoms with Crippen molar-refractivity contribution in [2.75, 3.05) is 0 Å². The van der Waals surface area contributed by atoms with Crippen molar-refractivity contribution in [3.63, 3.8) is 0 Å². The molecule has 0 spiro atoms. The molecule has 0 aromatic heterocycles. The van der Waals surface area contributed by atoms with Crippen LogP contribution in [-0.4, -0.2) is 17.7 Å². The Morgan fingerprint density at radius 1 is 1.43 bits per heavy atom. The minimum Gasteiger partial charge on any atom is -0.505 e. The van der Waals surface area contributed by atoms with Gasteiger partial charge in [0.25, 0.3) is 0 Å². The summed E-state index contributed by atoms with van der Waals surface area (Å²) < 4.78 is 0. The molecule has 7 heavy (non-hydrogen) atoms. The molecule has 0 fully saturated rings. The molecule has 0 aliphatic rings. The van der Waals surface area contributed by atoms with Gasteiger partial charge in [-0.05, 0) is 0 Å². The highest BCUT2D eigenvalue weighted by Gasteiger charge is 1.80. The van der Waals surface area contributed by atoms with Crippen molar-refractivity contribution >= 4 is 12.6 Å². The van der Waals surface area contributed by atoms with Crippen LogP contribution in [-0.2, 0) is 9.59 Å². The topological polar surface area (TPSA) is 54.4 Å². The molecular weight excluding hydrogens is 96.0 g/mol. The first-order valence-electron chi connectivity index (χ1n) is 1.61. The molecule has 0 aliphatic heterocycles. The van der Waals surface area contributed by atoms with Crippen LogP contribution in [0.15, 0.2) is 11.8 Å². The second-order valence-corrected chi connectivity index (χ2v) is 0.845. The van der Waals surface area contributed by atoms with Gasteiger partial charge in [-0.1, -0.05) is 0 Å². The van der Waals surface area contributed by atoms with Gasteiger partial charge in [-0.25, -0.2) is 0 Å². The van der Waals surface area contributed by atoms with E-state index in [2.05, 4.69) is 0 Å². The minimum absolute atomic E-state index is 0.189. The zero-order chi connectivity index (χ0) is 5.70. The Labute approximate surface area is 40.3 Å². The van der Waals surface area contributed by atoms with Gasteiger partial charge in [0.05, 0.1) is 0 Å². The van der Waals surface area contributed by atoms with Crippen molar-refractivity contribution in [2.45, 2.75) is 0 Å². The summed E-state index contributed by atoms with van der Waals surface area (Å²) in [6.45, 7) is 0. The number of aldehydes is 2. The van der Waals surface area contributed by atoms with Crippen LogP contribution in [0.25, 0.3) is 0 Å². The molecule has 1 N–H and O–H groups in total. The van der Waals surface area contributed by atoms with Gasteiger partial charge in [0, 0.05) is 6.08 Å². The van der Waals surface area contributed by atoms with E-state index in [1.165, 1.54) is 0 Å². The summed E-state index contributed by atoms with van der Waals surface area (Å²) in [4.78, 5) is 18.8. The predicted molar refractivity (Wildman–Crippen MR) is 22.8 cm³/mol. The molecule has 0 radical (unpaired) electrons. The molecule has 3 heteroatoms. The third-order valence-corrected chi connectivity index (χ3v) is 0.360. The van der Waals surface area contributed by atoms with Crippen LogP contribution < -0.4 is 0 Å². The van der Waals surface area contributed by atoms with Crippen LogP contribution in [0.4, 0.5) is 0 Å². The lowest BCUT2D eigenvalue weighted by molar-refractivity contribution is -0.108. The number of carbonyl (C=O) groups is 2. The Morgan fingerprint density at radius 2 is 2.00 bits per heavy atom. The summed E-state index contributed by atoms with van der Waals surface area (Å²) >= 11 is 0. The van der Waals surface area contributed by atoms with E-state index >= 15 is 0 Å². The lowest BCUT2D eigenvalue weighted by Crippen LogP contribution is -1.79. The summed E-state index contributed by atoms with van der Waals surface area (Å²) in [5.41, 5.74) is 0. The molecule has 0 atom stereocenters. The second-order valence-electron chi connectivity index (χ2n) is 0.845. The number of aliphatic hydroxyl groups excluding tert-OH is 1. The Balaban J connectivity index is 3.72. The highest BCUT2D eigenvalue weighted by Crippen LogP contribution is 1.73. The molecule has 38 valence electrons. The summed E-state index contributed by atoms with van der Waals surface area (Å²) in [5, 5.41) is 8.12. The van der Waals surface area contributed by atoms with E-state index < -0.39 is 5.76 Å². The highest BCUT2D eigenvalue weighted by atomic mass is 16.3. The van der Waals surface area contributed by atoms with Crippen molar-refractivity contribution in [3.8, 4) is 0 Å². The highest BCUT2D eigenvalue weighted by molar-refractivity contribution is 5.78. The van der Waals surface area contributed by atoms with Crippen LogP contribution in [0, 0.1) is 0 Å². The smallest absolute Gasteiger partial charge is 0.184 e. The number of rotatable bonds is 2. The maximum absolute atomic E-state index is 9.42. The maximum Gasteiger partial charge on any atom is 0.184 e. The molecule has 3 nitrogen and oxygen atoms in total. The first-order valence-corrected chi connectivity index (χ1v) is 1.61. The van der Waals surface area contributed by atoms with Crippen LogP contribution in [0.1, 0.15) is 0 Å². The molecule has 0 aromatic rings. The van der Waals surface area contributed by atoms with Crippen LogP contribution in [0.5, 0.6) is 0 Å². The zero-order valence-electron chi connectivity index (χ0n) is 3.50. The van der Waals surface area contributed by atoms with E-state index in [-0.39, 0.29) is 6.29 Å². The monoisotopic (exact) mass is 100 g/mol. The standard InChI is InChI=1S/C4H4O3/c5-2-1-4(7)3-6/h1-3,7H/b4-1-. The van der Waals surface area contributed by atoms with Gasteiger partial charge in [-0.2, -0.15) is 0 Å². The number of aliphatic hydroxyl groups is 1. The quantitative estimate of drug-likeness (QED) is 0.297. The molecule has 0 amide bonds. The normalized spacial score (nSPS) is 10.6. The number of hydrogen-bond donors (Lipinski definition) is 1. The molecule has 0 aliphatic carbocycles. The molecule has 0 bridgehead atoms. The predicted octanol–water partition coefficient (Wildman–Crippen LogP) is -0.174. The van der Waals surface area contributed by atoms with Crippen molar-refractivity contribution in [1.82, 2.24) is 0 Å². The lowest BCUT2D eigenvalue weighted by Gasteiger charge is -1.74. The largest absolute Gasteiger partial charge is 0.505 e. The summed E-state index contributed by atoms with van der Waals surface area (Å²) in [7, 11) is 0. The first-order chi connectivity index (χ1) is 3.31. The molecule has 0 saturated carbocycles. The van der Waals surface area contributed by atoms with Gasteiger partial charge >= 0.3 is 0 Å². The number of allylic oxidation sites excluding steroid dienone is 2. The third kappa shape index (κ3) is 2.69. The van der Waals surface area contributed by atoms with E-state index in [0.29, 0.717) is 6.29 Å². The van der Waals surface area contributed by atoms with E-state index in [1.54, 1.807) is 0 Å². The van der Waals surface area contributed by atoms with Gasteiger partial charge in [0.15, 0.2) is 12.0 Å². The number of hydrogen-bond acceptors (Lipinski definition) is 3. The first kappa shape index (κ1) is 5.88. The maximum atomic E-state index is 9.42.